The Labute approximate surface area is 132 Å². The number of rotatable bonds is 7. The van der Waals surface area contributed by atoms with Gasteiger partial charge >= 0.3 is 0 Å². The molecular weight excluding hydrogens is 312 g/mol. The van der Waals surface area contributed by atoms with E-state index in [1.807, 2.05) is 0 Å². The minimum atomic E-state index is 0.395. The van der Waals surface area contributed by atoms with Gasteiger partial charge in [0.15, 0.2) is 0 Å². The van der Waals surface area contributed by atoms with Gasteiger partial charge in [0.2, 0.25) is 0 Å². The molecule has 0 saturated heterocycles. The average molecular weight is 339 g/mol. The molecule has 1 saturated carbocycles. The minimum absolute atomic E-state index is 0.395. The predicted octanol–water partition coefficient (Wildman–Crippen LogP) is 4.60. The van der Waals surface area contributed by atoms with Crippen LogP contribution in [0.5, 0.6) is 0 Å². The van der Waals surface area contributed by atoms with Gasteiger partial charge in [-0.15, -0.1) is 0 Å². The van der Waals surface area contributed by atoms with Crippen LogP contribution in [0.3, 0.4) is 0 Å². The maximum Gasteiger partial charge on any atom is 0.0375 e. The fraction of sp³-hybridized carbons (Fsp3) is 0.647. The van der Waals surface area contributed by atoms with Gasteiger partial charge in [-0.3, -0.25) is 0 Å². The Balaban J connectivity index is 2.00. The van der Waals surface area contributed by atoms with Gasteiger partial charge in [-0.1, -0.05) is 35.8 Å². The lowest BCUT2D eigenvalue weighted by Gasteiger charge is -2.22. The highest BCUT2D eigenvalue weighted by molar-refractivity contribution is 9.10. The Morgan fingerprint density at radius 2 is 2.15 bits per heavy atom. The molecule has 20 heavy (non-hydrogen) atoms. The molecule has 1 fully saturated rings. The number of benzene rings is 1. The summed E-state index contributed by atoms with van der Waals surface area (Å²) in [7, 11) is 2.20. The second-order valence-electron chi connectivity index (χ2n) is 6.24. The standard InChI is InChI=1S/C17H27BrN2/c1-5-8-19-13(3)16-7-6-15(10-17(16)18)20(4)11-14-9-12(14)2/h6-7,10,12-14,19H,5,8-9,11H2,1-4H3. The predicted molar refractivity (Wildman–Crippen MR) is 91.4 cm³/mol. The van der Waals surface area contributed by atoms with Gasteiger partial charge in [0, 0.05) is 29.8 Å². The van der Waals surface area contributed by atoms with Crippen molar-refractivity contribution in [3.05, 3.63) is 28.2 Å². The highest BCUT2D eigenvalue weighted by Crippen LogP contribution is 2.39. The molecule has 0 aliphatic heterocycles. The van der Waals surface area contributed by atoms with Gasteiger partial charge in [0.1, 0.15) is 0 Å². The molecule has 1 aliphatic rings. The maximum absolute atomic E-state index is 3.74. The fourth-order valence-electron chi connectivity index (χ4n) is 2.69. The largest absolute Gasteiger partial charge is 0.374 e. The summed E-state index contributed by atoms with van der Waals surface area (Å²) in [5.41, 5.74) is 2.65. The average Bonchev–Trinajstić information content (AvgIpc) is 3.11. The molecule has 0 amide bonds. The summed E-state index contributed by atoms with van der Waals surface area (Å²) in [4.78, 5) is 2.38. The Morgan fingerprint density at radius 3 is 2.70 bits per heavy atom. The number of nitrogens with zero attached hydrogens (tertiary/aromatic N) is 1. The first-order chi connectivity index (χ1) is 9.52. The highest BCUT2D eigenvalue weighted by Gasteiger charge is 2.33. The van der Waals surface area contributed by atoms with Crippen LogP contribution in [0.4, 0.5) is 5.69 Å². The molecule has 0 aromatic heterocycles. The third-order valence-corrected chi connectivity index (χ3v) is 5.06. The molecule has 3 heteroatoms. The molecule has 3 atom stereocenters. The molecule has 2 rings (SSSR count). The molecule has 0 bridgehead atoms. The van der Waals surface area contributed by atoms with Crippen molar-refractivity contribution < 1.29 is 0 Å². The number of halogens is 1. The molecule has 0 spiro atoms. The lowest BCUT2D eigenvalue weighted by atomic mass is 10.1. The van der Waals surface area contributed by atoms with Crippen LogP contribution in [0.2, 0.25) is 0 Å². The second-order valence-corrected chi connectivity index (χ2v) is 7.09. The summed E-state index contributed by atoms with van der Waals surface area (Å²) in [5.74, 6) is 1.81. The van der Waals surface area contributed by atoms with Crippen LogP contribution in [0.25, 0.3) is 0 Å². The van der Waals surface area contributed by atoms with Crippen molar-refractivity contribution in [1.82, 2.24) is 5.32 Å². The third-order valence-electron chi connectivity index (χ3n) is 4.38. The summed E-state index contributed by atoms with van der Waals surface area (Å²) >= 11 is 3.74. The van der Waals surface area contributed by atoms with E-state index in [0.29, 0.717) is 6.04 Å². The maximum atomic E-state index is 3.74. The first-order valence-corrected chi connectivity index (χ1v) is 8.56. The van der Waals surface area contributed by atoms with Gasteiger partial charge in [-0.25, -0.2) is 0 Å². The topological polar surface area (TPSA) is 15.3 Å². The van der Waals surface area contributed by atoms with Crippen LogP contribution < -0.4 is 10.2 Å². The molecular formula is C17H27BrN2. The Hall–Kier alpha value is -0.540. The molecule has 1 aliphatic carbocycles. The Morgan fingerprint density at radius 1 is 1.45 bits per heavy atom. The van der Waals surface area contributed by atoms with E-state index in [-0.39, 0.29) is 0 Å². The van der Waals surface area contributed by atoms with Crippen molar-refractivity contribution in [1.29, 1.82) is 0 Å². The second kappa shape index (κ2) is 6.95. The van der Waals surface area contributed by atoms with E-state index in [1.54, 1.807) is 0 Å². The van der Waals surface area contributed by atoms with Crippen LogP contribution in [0, 0.1) is 11.8 Å². The smallest absolute Gasteiger partial charge is 0.0375 e. The number of hydrogen-bond acceptors (Lipinski definition) is 2. The zero-order chi connectivity index (χ0) is 14.7. The number of hydrogen-bond donors (Lipinski definition) is 1. The third kappa shape index (κ3) is 3.98. The normalized spacial score (nSPS) is 22.6. The van der Waals surface area contributed by atoms with Crippen molar-refractivity contribution in [2.24, 2.45) is 11.8 Å². The van der Waals surface area contributed by atoms with Crippen molar-refractivity contribution in [3.8, 4) is 0 Å². The van der Waals surface area contributed by atoms with E-state index in [1.165, 1.54) is 35.1 Å². The zero-order valence-corrected chi connectivity index (χ0v) is 14.7. The van der Waals surface area contributed by atoms with Crippen LogP contribution >= 0.6 is 15.9 Å². The van der Waals surface area contributed by atoms with Crippen molar-refractivity contribution in [2.45, 2.75) is 39.7 Å². The lowest BCUT2D eigenvalue weighted by molar-refractivity contribution is 0.569. The number of anilines is 1. The number of nitrogens with one attached hydrogen (secondary N) is 1. The fourth-order valence-corrected chi connectivity index (χ4v) is 3.40. The lowest BCUT2D eigenvalue weighted by Crippen LogP contribution is -2.22. The first kappa shape index (κ1) is 15.8. The van der Waals surface area contributed by atoms with E-state index in [2.05, 4.69) is 72.2 Å². The molecule has 0 heterocycles. The van der Waals surface area contributed by atoms with E-state index in [0.717, 1.165) is 18.4 Å². The zero-order valence-electron chi connectivity index (χ0n) is 13.1. The first-order valence-electron chi connectivity index (χ1n) is 7.76. The minimum Gasteiger partial charge on any atom is -0.374 e. The molecule has 112 valence electrons. The molecule has 1 aromatic carbocycles. The Bertz CT molecular complexity index is 447. The summed E-state index contributed by atoms with van der Waals surface area (Å²) in [6.45, 7) is 9.01. The summed E-state index contributed by atoms with van der Waals surface area (Å²) < 4.78 is 1.21. The highest BCUT2D eigenvalue weighted by atomic mass is 79.9. The van der Waals surface area contributed by atoms with E-state index in [4.69, 9.17) is 0 Å². The van der Waals surface area contributed by atoms with Gasteiger partial charge in [-0.2, -0.15) is 0 Å². The summed E-state index contributed by atoms with van der Waals surface area (Å²) in [6.07, 6.45) is 2.56. The molecule has 1 N–H and O–H groups in total. The quantitative estimate of drug-likeness (QED) is 0.781. The van der Waals surface area contributed by atoms with Gasteiger partial charge in [0.05, 0.1) is 0 Å². The van der Waals surface area contributed by atoms with Crippen LogP contribution in [-0.2, 0) is 0 Å². The van der Waals surface area contributed by atoms with E-state index < -0.39 is 0 Å². The van der Waals surface area contributed by atoms with E-state index >= 15 is 0 Å². The molecule has 1 aromatic rings. The van der Waals surface area contributed by atoms with Crippen LogP contribution in [0.15, 0.2) is 22.7 Å². The molecule has 3 unspecified atom stereocenters. The van der Waals surface area contributed by atoms with Crippen LogP contribution in [-0.4, -0.2) is 20.1 Å². The van der Waals surface area contributed by atoms with Crippen molar-refractivity contribution in [2.75, 3.05) is 25.0 Å². The van der Waals surface area contributed by atoms with Gasteiger partial charge < -0.3 is 10.2 Å². The van der Waals surface area contributed by atoms with Crippen molar-refractivity contribution in [3.63, 3.8) is 0 Å². The van der Waals surface area contributed by atoms with Gasteiger partial charge in [0.25, 0.3) is 0 Å². The monoisotopic (exact) mass is 338 g/mol. The molecule has 2 nitrogen and oxygen atoms in total. The van der Waals surface area contributed by atoms with Crippen molar-refractivity contribution >= 4 is 21.6 Å². The SMILES string of the molecule is CCCNC(C)c1ccc(N(C)CC2CC2C)cc1Br. The molecule has 0 radical (unpaired) electrons. The summed E-state index contributed by atoms with van der Waals surface area (Å²) in [5, 5.41) is 3.54. The van der Waals surface area contributed by atoms with E-state index in [9.17, 15) is 0 Å². The Kier molecular flexibility index (Phi) is 5.50. The summed E-state index contributed by atoms with van der Waals surface area (Å²) in [6, 6.07) is 7.15. The van der Waals surface area contributed by atoms with Crippen LogP contribution in [0.1, 0.15) is 45.2 Å². The van der Waals surface area contributed by atoms with Gasteiger partial charge in [-0.05, 0) is 55.8 Å².